The van der Waals surface area contributed by atoms with Gasteiger partial charge < -0.3 is 4.74 Å². The number of ether oxygens (including phenoxy) is 1. The van der Waals surface area contributed by atoms with Crippen LogP contribution in [0.2, 0.25) is 0 Å². The molecule has 14 heavy (non-hydrogen) atoms. The lowest BCUT2D eigenvalue weighted by Crippen LogP contribution is -2.24. The third-order valence-corrected chi connectivity index (χ3v) is 2.61. The fourth-order valence-corrected chi connectivity index (χ4v) is 1.83. The number of fused-ring (bicyclic) bond motifs is 1. The van der Waals surface area contributed by atoms with Gasteiger partial charge in [0.1, 0.15) is 6.33 Å². The van der Waals surface area contributed by atoms with Crippen molar-refractivity contribution >= 4 is 5.97 Å². The number of hydrogen-bond donors (Lipinski definition) is 0. The van der Waals surface area contributed by atoms with Crippen LogP contribution in [-0.4, -0.2) is 23.0 Å². The van der Waals surface area contributed by atoms with Gasteiger partial charge in [-0.25, -0.2) is 9.97 Å². The van der Waals surface area contributed by atoms with Crippen LogP contribution < -0.4 is 0 Å². The first-order valence-corrected chi connectivity index (χ1v) is 4.67. The second-order valence-electron chi connectivity index (χ2n) is 3.46. The number of methoxy groups -OCH3 is 1. The number of carbonyl (C=O) groups is 1. The van der Waals surface area contributed by atoms with Gasteiger partial charge in [-0.05, 0) is 24.8 Å². The standard InChI is InChI=1S/C10H12N2O2/c1-14-10(13)7-2-3-9-8(4-7)5-11-6-12-9/h5-7H,2-4H2,1H3/t7-/m1/s1. The van der Waals surface area contributed by atoms with Crippen LogP contribution in [0, 0.1) is 5.92 Å². The van der Waals surface area contributed by atoms with Gasteiger partial charge in [0, 0.05) is 11.9 Å². The van der Waals surface area contributed by atoms with Crippen molar-refractivity contribution in [3.8, 4) is 0 Å². The van der Waals surface area contributed by atoms with Crippen LogP contribution in [0.15, 0.2) is 12.5 Å². The molecule has 0 saturated heterocycles. The molecule has 4 heteroatoms. The normalized spacial score (nSPS) is 19.9. The minimum atomic E-state index is -0.125. The Hall–Kier alpha value is -1.45. The SMILES string of the molecule is COC(=O)[C@@H]1CCc2ncncc2C1. The summed E-state index contributed by atoms with van der Waals surface area (Å²) in [5.41, 5.74) is 2.15. The molecule has 1 aliphatic rings. The Labute approximate surface area is 82.3 Å². The molecule has 1 aliphatic carbocycles. The summed E-state index contributed by atoms with van der Waals surface area (Å²) < 4.78 is 4.72. The van der Waals surface area contributed by atoms with Crippen LogP contribution in [0.5, 0.6) is 0 Å². The van der Waals surface area contributed by atoms with Crippen molar-refractivity contribution in [2.45, 2.75) is 19.3 Å². The summed E-state index contributed by atoms with van der Waals surface area (Å²) in [6, 6.07) is 0. The third kappa shape index (κ3) is 1.60. The zero-order chi connectivity index (χ0) is 9.97. The van der Waals surface area contributed by atoms with E-state index in [1.807, 2.05) is 0 Å². The molecule has 1 atom stereocenters. The predicted molar refractivity (Wildman–Crippen MR) is 49.6 cm³/mol. The van der Waals surface area contributed by atoms with E-state index in [2.05, 4.69) is 9.97 Å². The van der Waals surface area contributed by atoms with Crippen molar-refractivity contribution in [2.24, 2.45) is 5.92 Å². The van der Waals surface area contributed by atoms with Gasteiger partial charge in [0.05, 0.1) is 13.0 Å². The van der Waals surface area contributed by atoms with Gasteiger partial charge in [0.25, 0.3) is 0 Å². The molecular weight excluding hydrogens is 180 g/mol. The fourth-order valence-electron chi connectivity index (χ4n) is 1.83. The summed E-state index contributed by atoms with van der Waals surface area (Å²) in [5.74, 6) is -0.141. The van der Waals surface area contributed by atoms with Crippen LogP contribution in [-0.2, 0) is 22.4 Å². The molecular formula is C10H12N2O2. The maximum Gasteiger partial charge on any atom is 0.309 e. The average Bonchev–Trinajstić information content (AvgIpc) is 2.27. The van der Waals surface area contributed by atoms with Crippen molar-refractivity contribution in [1.82, 2.24) is 9.97 Å². The molecule has 1 aromatic heterocycles. The molecule has 4 nitrogen and oxygen atoms in total. The fraction of sp³-hybridized carbons (Fsp3) is 0.500. The molecule has 0 aromatic carbocycles. The summed E-state index contributed by atoms with van der Waals surface area (Å²) in [6.45, 7) is 0. The molecule has 0 fully saturated rings. The van der Waals surface area contributed by atoms with Crippen LogP contribution >= 0.6 is 0 Å². The van der Waals surface area contributed by atoms with E-state index < -0.39 is 0 Å². The quantitative estimate of drug-likeness (QED) is 0.616. The van der Waals surface area contributed by atoms with Gasteiger partial charge in [-0.2, -0.15) is 0 Å². The van der Waals surface area contributed by atoms with Crippen molar-refractivity contribution in [3.63, 3.8) is 0 Å². The van der Waals surface area contributed by atoms with Gasteiger partial charge in [0.2, 0.25) is 0 Å². The van der Waals surface area contributed by atoms with Gasteiger partial charge in [-0.15, -0.1) is 0 Å². The molecule has 0 spiro atoms. The molecule has 0 aliphatic heterocycles. The summed E-state index contributed by atoms with van der Waals surface area (Å²) >= 11 is 0. The van der Waals surface area contributed by atoms with E-state index in [1.165, 1.54) is 7.11 Å². The van der Waals surface area contributed by atoms with Gasteiger partial charge >= 0.3 is 5.97 Å². The van der Waals surface area contributed by atoms with Crippen molar-refractivity contribution in [3.05, 3.63) is 23.8 Å². The third-order valence-electron chi connectivity index (χ3n) is 2.61. The lowest BCUT2D eigenvalue weighted by molar-refractivity contribution is -0.145. The van der Waals surface area contributed by atoms with Crippen LogP contribution in [0.4, 0.5) is 0 Å². The van der Waals surface area contributed by atoms with Gasteiger partial charge in [-0.3, -0.25) is 4.79 Å². The first kappa shape index (κ1) is 9.12. The maximum absolute atomic E-state index is 11.3. The number of aryl methyl sites for hydroxylation is 1. The van der Waals surface area contributed by atoms with Crippen LogP contribution in [0.1, 0.15) is 17.7 Å². The Balaban J connectivity index is 2.17. The van der Waals surface area contributed by atoms with E-state index in [1.54, 1.807) is 12.5 Å². The number of aromatic nitrogens is 2. The molecule has 0 bridgehead atoms. The van der Waals surface area contributed by atoms with Crippen molar-refractivity contribution < 1.29 is 9.53 Å². The number of nitrogens with zero attached hydrogens (tertiary/aromatic N) is 2. The zero-order valence-corrected chi connectivity index (χ0v) is 8.06. The van der Waals surface area contributed by atoms with Gasteiger partial charge in [-0.1, -0.05) is 0 Å². The molecule has 2 rings (SSSR count). The summed E-state index contributed by atoms with van der Waals surface area (Å²) in [4.78, 5) is 19.4. The first-order valence-electron chi connectivity index (χ1n) is 4.67. The number of carbonyl (C=O) groups excluding carboxylic acids is 1. The molecule has 0 amide bonds. The van der Waals surface area contributed by atoms with E-state index in [9.17, 15) is 4.79 Å². The highest BCUT2D eigenvalue weighted by Crippen LogP contribution is 2.23. The lowest BCUT2D eigenvalue weighted by Gasteiger charge is -2.20. The Morgan fingerprint density at radius 1 is 1.64 bits per heavy atom. The largest absolute Gasteiger partial charge is 0.469 e. The maximum atomic E-state index is 11.3. The smallest absolute Gasteiger partial charge is 0.309 e. The van der Waals surface area contributed by atoms with Crippen LogP contribution in [0.3, 0.4) is 0 Å². The molecule has 0 N–H and O–H groups in total. The van der Waals surface area contributed by atoms with E-state index in [4.69, 9.17) is 4.74 Å². The minimum absolute atomic E-state index is 0.0153. The molecule has 0 radical (unpaired) electrons. The topological polar surface area (TPSA) is 52.1 Å². The zero-order valence-electron chi connectivity index (χ0n) is 8.06. The van der Waals surface area contributed by atoms with E-state index >= 15 is 0 Å². The Bertz CT molecular complexity index is 352. The predicted octanol–water partition coefficient (Wildman–Crippen LogP) is 0.755. The number of rotatable bonds is 1. The molecule has 74 valence electrons. The summed E-state index contributed by atoms with van der Waals surface area (Å²) in [6.07, 6.45) is 5.73. The van der Waals surface area contributed by atoms with Crippen molar-refractivity contribution in [1.29, 1.82) is 0 Å². The second-order valence-corrected chi connectivity index (χ2v) is 3.46. The molecule has 1 aromatic rings. The second kappa shape index (κ2) is 3.74. The molecule has 0 unspecified atom stereocenters. The van der Waals surface area contributed by atoms with E-state index in [0.717, 1.165) is 24.1 Å². The van der Waals surface area contributed by atoms with Gasteiger partial charge in [0.15, 0.2) is 0 Å². The number of esters is 1. The highest BCUT2D eigenvalue weighted by Gasteiger charge is 2.25. The monoisotopic (exact) mass is 192 g/mol. The molecule has 0 saturated carbocycles. The van der Waals surface area contributed by atoms with Crippen LogP contribution in [0.25, 0.3) is 0 Å². The Morgan fingerprint density at radius 3 is 3.29 bits per heavy atom. The number of hydrogen-bond acceptors (Lipinski definition) is 4. The highest BCUT2D eigenvalue weighted by atomic mass is 16.5. The minimum Gasteiger partial charge on any atom is -0.469 e. The molecule has 1 heterocycles. The first-order chi connectivity index (χ1) is 6.81. The Kier molecular flexibility index (Phi) is 2.43. The summed E-state index contributed by atoms with van der Waals surface area (Å²) in [7, 11) is 1.43. The highest BCUT2D eigenvalue weighted by molar-refractivity contribution is 5.73. The summed E-state index contributed by atoms with van der Waals surface area (Å²) in [5, 5.41) is 0. The average molecular weight is 192 g/mol. The Morgan fingerprint density at radius 2 is 2.50 bits per heavy atom. The van der Waals surface area contributed by atoms with Crippen molar-refractivity contribution in [2.75, 3.05) is 7.11 Å². The van der Waals surface area contributed by atoms with E-state index in [0.29, 0.717) is 6.42 Å². The lowest BCUT2D eigenvalue weighted by atomic mass is 9.87. The van der Waals surface area contributed by atoms with E-state index in [-0.39, 0.29) is 11.9 Å².